The monoisotopic (exact) mass is 335 g/mol. The van der Waals surface area contributed by atoms with Crippen LogP contribution < -0.4 is 9.46 Å². The number of hydrogen-bond donors (Lipinski definition) is 1. The van der Waals surface area contributed by atoms with Gasteiger partial charge in [-0.3, -0.25) is 4.98 Å². The third-order valence-corrected chi connectivity index (χ3v) is 4.24. The highest BCUT2D eigenvalue weighted by atomic mass is 79.9. The molecule has 102 valence electrons. The van der Waals surface area contributed by atoms with Gasteiger partial charge in [0, 0.05) is 11.4 Å². The number of aromatic nitrogens is 2. The van der Waals surface area contributed by atoms with Crippen molar-refractivity contribution >= 4 is 27.3 Å². The van der Waals surface area contributed by atoms with Crippen LogP contribution in [0.1, 0.15) is 39.4 Å². The average Bonchev–Trinajstić information content (AvgIpc) is 2.27. The molecule has 1 aromatic rings. The van der Waals surface area contributed by atoms with Crippen molar-refractivity contribution in [1.29, 1.82) is 0 Å². The summed E-state index contributed by atoms with van der Waals surface area (Å²) in [5.74, 6) is 0.426. The number of ether oxygens (including phenoxy) is 1. The normalized spacial score (nSPS) is 15.3. The second-order valence-electron chi connectivity index (χ2n) is 4.81. The summed E-state index contributed by atoms with van der Waals surface area (Å²) in [7, 11) is 1.54. The smallest absolute Gasteiger partial charge is 0.238 e. The van der Waals surface area contributed by atoms with Gasteiger partial charge in [-0.25, -0.2) is 4.98 Å². The summed E-state index contributed by atoms with van der Waals surface area (Å²) in [5, 5.41) is 0. The van der Waals surface area contributed by atoms with Crippen molar-refractivity contribution in [3.05, 3.63) is 16.5 Å². The first-order valence-corrected chi connectivity index (χ1v) is 7.44. The lowest BCUT2D eigenvalue weighted by atomic mass is 10.2. The molecule has 0 radical (unpaired) electrons. The standard InChI is InChI=1S/C11H18BrN3O2S/c1-7(15-18(16)11(2,3)4)9-10(17-5)14-8(12)6-13-9/h6-7,15H,1-5H3/t7-,18+/m0/s1. The van der Waals surface area contributed by atoms with E-state index in [4.69, 9.17) is 4.74 Å². The topological polar surface area (TPSA) is 70.1 Å². The molecule has 1 heterocycles. The maximum absolute atomic E-state index is 12.0. The molecule has 1 aromatic heterocycles. The van der Waals surface area contributed by atoms with E-state index >= 15 is 0 Å². The minimum Gasteiger partial charge on any atom is -0.598 e. The molecule has 0 fully saturated rings. The number of nitrogens with zero attached hydrogens (tertiary/aromatic N) is 2. The highest BCUT2D eigenvalue weighted by molar-refractivity contribution is 9.10. The lowest BCUT2D eigenvalue weighted by Crippen LogP contribution is -2.40. The predicted molar refractivity (Wildman–Crippen MR) is 75.7 cm³/mol. The van der Waals surface area contributed by atoms with Crippen LogP contribution in [0.25, 0.3) is 0 Å². The number of nitrogens with one attached hydrogen (secondary N) is 1. The molecular weight excluding hydrogens is 318 g/mol. The van der Waals surface area contributed by atoms with E-state index in [-0.39, 0.29) is 10.8 Å². The van der Waals surface area contributed by atoms with Gasteiger partial charge in [0.25, 0.3) is 0 Å². The maximum atomic E-state index is 12.0. The Morgan fingerprint density at radius 1 is 1.50 bits per heavy atom. The summed E-state index contributed by atoms with van der Waals surface area (Å²) < 4.78 is 20.5. The molecule has 1 rings (SSSR count). The zero-order chi connectivity index (χ0) is 13.9. The molecule has 2 atom stereocenters. The minimum atomic E-state index is -1.17. The highest BCUT2D eigenvalue weighted by Crippen LogP contribution is 2.24. The van der Waals surface area contributed by atoms with Gasteiger partial charge in [0.05, 0.1) is 19.3 Å². The van der Waals surface area contributed by atoms with Gasteiger partial charge in [0.15, 0.2) is 0 Å². The molecule has 1 N–H and O–H groups in total. The molecule has 0 bridgehead atoms. The molecule has 5 nitrogen and oxygen atoms in total. The summed E-state index contributed by atoms with van der Waals surface area (Å²) in [6.45, 7) is 7.61. The van der Waals surface area contributed by atoms with Crippen molar-refractivity contribution < 1.29 is 9.29 Å². The number of methoxy groups -OCH3 is 1. The van der Waals surface area contributed by atoms with Crippen LogP contribution in [0.15, 0.2) is 10.8 Å². The van der Waals surface area contributed by atoms with Gasteiger partial charge in [-0.15, -0.1) is 4.72 Å². The van der Waals surface area contributed by atoms with Crippen molar-refractivity contribution in [1.82, 2.24) is 14.7 Å². The Bertz CT molecular complexity index is 412. The number of rotatable bonds is 4. The molecule has 0 saturated heterocycles. The lowest BCUT2D eigenvalue weighted by Gasteiger charge is -2.26. The molecule has 0 amide bonds. The van der Waals surface area contributed by atoms with E-state index in [2.05, 4.69) is 30.6 Å². The minimum absolute atomic E-state index is 0.208. The fraction of sp³-hybridized carbons (Fsp3) is 0.636. The molecular formula is C11H18BrN3O2S. The van der Waals surface area contributed by atoms with Gasteiger partial charge in [0.1, 0.15) is 15.0 Å². The third kappa shape index (κ3) is 4.08. The van der Waals surface area contributed by atoms with Crippen LogP contribution in [0, 0.1) is 0 Å². The molecule has 0 aliphatic carbocycles. The third-order valence-electron chi connectivity index (χ3n) is 2.18. The SMILES string of the molecule is COc1nc(Br)cnc1[C@H](C)N[S@+]([O-])C(C)(C)C. The van der Waals surface area contributed by atoms with E-state index in [1.165, 1.54) is 7.11 Å². The summed E-state index contributed by atoms with van der Waals surface area (Å²) in [6.07, 6.45) is 1.59. The first kappa shape index (κ1) is 15.7. The van der Waals surface area contributed by atoms with Crippen molar-refractivity contribution in [3.8, 4) is 5.88 Å². The number of hydrogen-bond acceptors (Lipinski definition) is 5. The summed E-state index contributed by atoms with van der Waals surface area (Å²) in [5.41, 5.74) is 0.637. The molecule has 7 heteroatoms. The van der Waals surface area contributed by atoms with Crippen LogP contribution in [0.3, 0.4) is 0 Å². The maximum Gasteiger partial charge on any atom is 0.238 e. The second-order valence-corrected chi connectivity index (χ2v) is 7.62. The molecule has 18 heavy (non-hydrogen) atoms. The average molecular weight is 336 g/mol. The first-order chi connectivity index (χ1) is 8.25. The fourth-order valence-electron chi connectivity index (χ4n) is 1.20. The Morgan fingerprint density at radius 2 is 2.11 bits per heavy atom. The number of halogens is 1. The van der Waals surface area contributed by atoms with Crippen LogP contribution in [0.2, 0.25) is 0 Å². The Balaban J connectivity index is 2.87. The summed E-state index contributed by atoms with van der Waals surface area (Å²) >= 11 is 2.07. The molecule has 0 aliphatic heterocycles. The van der Waals surface area contributed by atoms with Gasteiger partial charge in [-0.05, 0) is 43.6 Å². The van der Waals surface area contributed by atoms with Crippen molar-refractivity contribution in [3.63, 3.8) is 0 Å². The van der Waals surface area contributed by atoms with E-state index in [9.17, 15) is 4.55 Å². The van der Waals surface area contributed by atoms with Gasteiger partial charge in [-0.2, -0.15) is 0 Å². The Labute approximate surface area is 119 Å². The van der Waals surface area contributed by atoms with Gasteiger partial charge < -0.3 is 9.29 Å². The van der Waals surface area contributed by atoms with Crippen molar-refractivity contribution in [2.45, 2.75) is 38.5 Å². The quantitative estimate of drug-likeness (QED) is 0.855. The van der Waals surface area contributed by atoms with Crippen molar-refractivity contribution in [2.75, 3.05) is 7.11 Å². The predicted octanol–water partition coefficient (Wildman–Crippen LogP) is 2.36. The molecule has 0 aliphatic rings. The summed E-state index contributed by atoms with van der Waals surface area (Å²) in [4.78, 5) is 8.43. The summed E-state index contributed by atoms with van der Waals surface area (Å²) in [6, 6.07) is -0.208. The van der Waals surface area contributed by atoms with Crippen LogP contribution in [0.5, 0.6) is 5.88 Å². The zero-order valence-electron chi connectivity index (χ0n) is 11.2. The highest BCUT2D eigenvalue weighted by Gasteiger charge is 2.29. The van der Waals surface area contributed by atoms with Crippen LogP contribution in [-0.2, 0) is 11.4 Å². The van der Waals surface area contributed by atoms with Crippen molar-refractivity contribution in [2.24, 2.45) is 0 Å². The molecule has 0 saturated carbocycles. The molecule has 0 unspecified atom stereocenters. The fourth-order valence-corrected chi connectivity index (χ4v) is 2.25. The largest absolute Gasteiger partial charge is 0.598 e. The van der Waals surface area contributed by atoms with E-state index in [1.807, 2.05) is 27.7 Å². The molecule has 0 spiro atoms. The van der Waals surface area contributed by atoms with Gasteiger partial charge in [0.2, 0.25) is 5.88 Å². The molecule has 0 aromatic carbocycles. The Kier molecular flexibility index (Phi) is 5.39. The van der Waals surface area contributed by atoms with Gasteiger partial charge >= 0.3 is 0 Å². The van der Waals surface area contributed by atoms with E-state index in [1.54, 1.807) is 6.20 Å². The second kappa shape index (κ2) is 6.18. The Hall–Kier alpha value is -0.370. The van der Waals surface area contributed by atoms with Crippen LogP contribution in [0.4, 0.5) is 0 Å². The van der Waals surface area contributed by atoms with E-state index < -0.39 is 11.4 Å². The first-order valence-electron chi connectivity index (χ1n) is 5.50. The van der Waals surface area contributed by atoms with E-state index in [0.29, 0.717) is 16.2 Å². The van der Waals surface area contributed by atoms with E-state index in [0.717, 1.165) is 0 Å². The van der Waals surface area contributed by atoms with Crippen LogP contribution in [-0.4, -0.2) is 26.4 Å². The Morgan fingerprint density at radius 3 is 2.61 bits per heavy atom. The zero-order valence-corrected chi connectivity index (χ0v) is 13.6. The van der Waals surface area contributed by atoms with Crippen LogP contribution >= 0.6 is 15.9 Å². The van der Waals surface area contributed by atoms with Gasteiger partial charge in [-0.1, -0.05) is 0 Å². The lowest BCUT2D eigenvalue weighted by molar-refractivity contribution is 0.382.